The Balaban J connectivity index is 1.82. The van der Waals surface area contributed by atoms with Crippen molar-refractivity contribution >= 4 is 28.3 Å². The van der Waals surface area contributed by atoms with Crippen LogP contribution in [0.5, 0.6) is 0 Å². The van der Waals surface area contributed by atoms with Gasteiger partial charge in [0.1, 0.15) is 0 Å². The quantitative estimate of drug-likeness (QED) is 0.608. The molecule has 4 rings (SSSR count). The predicted molar refractivity (Wildman–Crippen MR) is 122 cm³/mol. The summed E-state index contributed by atoms with van der Waals surface area (Å²) in [6, 6.07) is 10.6. The zero-order valence-electron chi connectivity index (χ0n) is 18.3. The van der Waals surface area contributed by atoms with Gasteiger partial charge in [0.25, 0.3) is 5.91 Å². The Hall–Kier alpha value is -2.95. The number of fused-ring (bicyclic) bond motifs is 1. The highest BCUT2D eigenvalue weighted by Gasteiger charge is 2.28. The number of amides is 1. The number of anilines is 2. The molecule has 5 heteroatoms. The van der Waals surface area contributed by atoms with Crippen molar-refractivity contribution in [1.29, 1.82) is 0 Å². The molecule has 1 amide bonds. The summed E-state index contributed by atoms with van der Waals surface area (Å²) in [5.41, 5.74) is 6.39. The second kappa shape index (κ2) is 8.42. The number of carbonyl (C=O) groups is 1. The lowest BCUT2D eigenvalue weighted by molar-refractivity contribution is 0.0609. The van der Waals surface area contributed by atoms with E-state index >= 15 is 0 Å². The number of nitrogens with one attached hydrogen (secondary N) is 1. The van der Waals surface area contributed by atoms with Crippen LogP contribution in [0.1, 0.15) is 59.8 Å². The van der Waals surface area contributed by atoms with Gasteiger partial charge >= 0.3 is 0 Å². The van der Waals surface area contributed by atoms with Crippen molar-refractivity contribution < 1.29 is 4.79 Å². The van der Waals surface area contributed by atoms with Crippen LogP contribution >= 0.6 is 0 Å². The van der Waals surface area contributed by atoms with Gasteiger partial charge in [0, 0.05) is 35.6 Å². The molecular weight excluding hydrogens is 372 g/mol. The van der Waals surface area contributed by atoms with Gasteiger partial charge in [-0.2, -0.15) is 0 Å². The van der Waals surface area contributed by atoms with E-state index in [0.717, 1.165) is 48.3 Å². The monoisotopic (exact) mass is 402 g/mol. The molecular formula is C25H30N4O. The number of nitrogens with zero attached hydrogens (tertiary/aromatic N) is 3. The molecule has 5 nitrogen and oxygen atoms in total. The minimum Gasteiger partial charge on any atom is -0.354 e. The van der Waals surface area contributed by atoms with Crippen LogP contribution in [0, 0.1) is 20.8 Å². The van der Waals surface area contributed by atoms with Crippen LogP contribution in [0.4, 0.5) is 11.4 Å². The molecule has 1 aliphatic heterocycles. The number of carbonyl (C=O) groups excluding carboxylic acids is 1. The number of pyridine rings is 2. The molecule has 1 aromatic carbocycles. The molecule has 2 aromatic heterocycles. The summed E-state index contributed by atoms with van der Waals surface area (Å²) in [6.45, 7) is 9.13. The van der Waals surface area contributed by atoms with Gasteiger partial charge in [-0.05, 0) is 81.8 Å². The first-order chi connectivity index (χ1) is 14.5. The van der Waals surface area contributed by atoms with Gasteiger partial charge in [0.2, 0.25) is 0 Å². The highest BCUT2D eigenvalue weighted by atomic mass is 16.2. The molecule has 1 unspecified atom stereocenters. The molecule has 156 valence electrons. The SMILES string of the molecule is CCC1CCCCN1C(=O)c1cnc2nc(C)ccc2c1Nc1ccc(C)c(C)c1. The Morgan fingerprint density at radius 1 is 1.13 bits per heavy atom. The van der Waals surface area contributed by atoms with Crippen LogP contribution in [0.15, 0.2) is 36.5 Å². The molecule has 3 aromatic rings. The van der Waals surface area contributed by atoms with E-state index in [1.807, 2.05) is 24.0 Å². The van der Waals surface area contributed by atoms with Crippen molar-refractivity contribution in [3.63, 3.8) is 0 Å². The van der Waals surface area contributed by atoms with Gasteiger partial charge in [0.05, 0.1) is 11.3 Å². The van der Waals surface area contributed by atoms with E-state index in [0.29, 0.717) is 17.3 Å². The Morgan fingerprint density at radius 2 is 1.97 bits per heavy atom. The van der Waals surface area contributed by atoms with Crippen molar-refractivity contribution in [2.75, 3.05) is 11.9 Å². The van der Waals surface area contributed by atoms with E-state index in [9.17, 15) is 4.79 Å². The fraction of sp³-hybridized carbons (Fsp3) is 0.400. The van der Waals surface area contributed by atoms with Crippen molar-refractivity contribution in [3.8, 4) is 0 Å². The molecule has 0 radical (unpaired) electrons. The van der Waals surface area contributed by atoms with Crippen LogP contribution in [0.2, 0.25) is 0 Å². The minimum absolute atomic E-state index is 0.0582. The summed E-state index contributed by atoms with van der Waals surface area (Å²) in [5.74, 6) is 0.0582. The van der Waals surface area contributed by atoms with Gasteiger partial charge in [-0.1, -0.05) is 13.0 Å². The minimum atomic E-state index is 0.0582. The second-order valence-electron chi connectivity index (χ2n) is 8.35. The van der Waals surface area contributed by atoms with Crippen LogP contribution in [0.25, 0.3) is 11.0 Å². The number of piperidine rings is 1. The lowest BCUT2D eigenvalue weighted by Crippen LogP contribution is -2.43. The van der Waals surface area contributed by atoms with E-state index < -0.39 is 0 Å². The zero-order chi connectivity index (χ0) is 21.3. The number of hydrogen-bond acceptors (Lipinski definition) is 4. The largest absolute Gasteiger partial charge is 0.354 e. The Kier molecular flexibility index (Phi) is 5.71. The normalized spacial score (nSPS) is 16.7. The maximum Gasteiger partial charge on any atom is 0.257 e. The molecule has 0 saturated carbocycles. The first kappa shape index (κ1) is 20.3. The van der Waals surface area contributed by atoms with Crippen LogP contribution in [-0.4, -0.2) is 33.4 Å². The van der Waals surface area contributed by atoms with E-state index in [2.05, 4.69) is 54.3 Å². The highest BCUT2D eigenvalue weighted by molar-refractivity contribution is 6.07. The van der Waals surface area contributed by atoms with Gasteiger partial charge in [-0.25, -0.2) is 9.97 Å². The van der Waals surface area contributed by atoms with Crippen molar-refractivity contribution in [1.82, 2.24) is 14.9 Å². The number of benzene rings is 1. The van der Waals surface area contributed by atoms with Gasteiger partial charge in [-0.3, -0.25) is 4.79 Å². The highest BCUT2D eigenvalue weighted by Crippen LogP contribution is 2.32. The van der Waals surface area contributed by atoms with Crippen molar-refractivity contribution in [3.05, 3.63) is 58.9 Å². The molecule has 0 aliphatic carbocycles. The predicted octanol–water partition coefficient (Wildman–Crippen LogP) is 5.70. The average Bonchev–Trinajstić information content (AvgIpc) is 2.75. The van der Waals surface area contributed by atoms with Crippen LogP contribution < -0.4 is 5.32 Å². The van der Waals surface area contributed by atoms with Crippen molar-refractivity contribution in [2.24, 2.45) is 0 Å². The molecule has 30 heavy (non-hydrogen) atoms. The summed E-state index contributed by atoms with van der Waals surface area (Å²) in [5, 5.41) is 4.40. The summed E-state index contributed by atoms with van der Waals surface area (Å²) in [4.78, 5) is 24.8. The summed E-state index contributed by atoms with van der Waals surface area (Å²) in [6.07, 6.45) is 6.00. The van der Waals surface area contributed by atoms with Crippen LogP contribution in [0.3, 0.4) is 0 Å². The maximum absolute atomic E-state index is 13.6. The lowest BCUT2D eigenvalue weighted by atomic mass is 9.98. The number of aromatic nitrogens is 2. The number of likely N-dealkylation sites (tertiary alicyclic amines) is 1. The first-order valence-electron chi connectivity index (χ1n) is 10.9. The molecule has 0 bridgehead atoms. The number of hydrogen-bond donors (Lipinski definition) is 1. The van der Waals surface area contributed by atoms with Crippen molar-refractivity contribution in [2.45, 2.75) is 59.4 Å². The molecule has 0 spiro atoms. The fourth-order valence-corrected chi connectivity index (χ4v) is 4.28. The third kappa shape index (κ3) is 3.89. The maximum atomic E-state index is 13.6. The molecule has 1 fully saturated rings. The molecule has 1 aliphatic rings. The number of aryl methyl sites for hydroxylation is 3. The zero-order valence-corrected chi connectivity index (χ0v) is 18.3. The molecule has 1 N–H and O–H groups in total. The Labute approximate surface area is 178 Å². The number of rotatable bonds is 4. The summed E-state index contributed by atoms with van der Waals surface area (Å²) in [7, 11) is 0. The molecule has 1 atom stereocenters. The average molecular weight is 403 g/mol. The van der Waals surface area contributed by atoms with Gasteiger partial charge in [0.15, 0.2) is 5.65 Å². The lowest BCUT2D eigenvalue weighted by Gasteiger charge is -2.35. The standard InChI is InChI=1S/C25H30N4O/c1-5-20-8-6-7-13-29(20)25(30)22-15-26-24-21(12-10-18(4)27-24)23(22)28-19-11-9-16(2)17(3)14-19/h9-12,14-15,20H,5-8,13H2,1-4H3,(H,26,27,28). The Morgan fingerprint density at radius 3 is 2.73 bits per heavy atom. The fourth-order valence-electron chi connectivity index (χ4n) is 4.28. The van der Waals surface area contributed by atoms with E-state index in [1.165, 1.54) is 17.5 Å². The third-order valence-electron chi connectivity index (χ3n) is 6.23. The Bertz CT molecular complexity index is 1090. The second-order valence-corrected chi connectivity index (χ2v) is 8.35. The van der Waals surface area contributed by atoms with Gasteiger partial charge < -0.3 is 10.2 Å². The molecule has 3 heterocycles. The smallest absolute Gasteiger partial charge is 0.257 e. The summed E-state index contributed by atoms with van der Waals surface area (Å²) < 4.78 is 0. The third-order valence-corrected chi connectivity index (χ3v) is 6.23. The van der Waals surface area contributed by atoms with Gasteiger partial charge in [-0.15, -0.1) is 0 Å². The van der Waals surface area contributed by atoms with Crippen LogP contribution in [-0.2, 0) is 0 Å². The molecule has 1 saturated heterocycles. The van der Waals surface area contributed by atoms with E-state index in [4.69, 9.17) is 0 Å². The topological polar surface area (TPSA) is 58.1 Å². The van der Waals surface area contributed by atoms with E-state index in [-0.39, 0.29) is 5.91 Å². The summed E-state index contributed by atoms with van der Waals surface area (Å²) >= 11 is 0. The van der Waals surface area contributed by atoms with E-state index in [1.54, 1.807) is 6.20 Å². The first-order valence-corrected chi connectivity index (χ1v) is 10.9.